The van der Waals surface area contributed by atoms with Crippen molar-refractivity contribution in [2.24, 2.45) is 0 Å². The quantitative estimate of drug-likeness (QED) is 0.293. The van der Waals surface area contributed by atoms with E-state index in [4.69, 9.17) is 4.74 Å². The monoisotopic (exact) mass is 420 g/mol. The number of benzene rings is 4. The van der Waals surface area contributed by atoms with Crippen molar-refractivity contribution in [3.05, 3.63) is 125 Å². The second-order valence-electron chi connectivity index (χ2n) is 8.31. The van der Waals surface area contributed by atoms with Crippen molar-refractivity contribution in [1.82, 2.24) is 0 Å². The summed E-state index contributed by atoms with van der Waals surface area (Å²) in [6.07, 6.45) is 5.32. The smallest absolute Gasteiger partial charge is 0.338 e. The average molecular weight is 421 g/mol. The van der Waals surface area contributed by atoms with Gasteiger partial charge in [-0.2, -0.15) is 0 Å². The Labute approximate surface area is 190 Å². The zero-order chi connectivity index (χ0) is 22.3. The molecule has 0 aliphatic carbocycles. The van der Waals surface area contributed by atoms with Gasteiger partial charge in [-0.25, -0.2) is 4.79 Å². The molecule has 0 amide bonds. The second-order valence-corrected chi connectivity index (χ2v) is 8.31. The third kappa shape index (κ3) is 5.73. The van der Waals surface area contributed by atoms with Gasteiger partial charge in [0.05, 0.1) is 5.56 Å². The van der Waals surface area contributed by atoms with Gasteiger partial charge in [-0.15, -0.1) is 0 Å². The molecule has 2 nitrogen and oxygen atoms in total. The Hall–Kier alpha value is -3.65. The van der Waals surface area contributed by atoms with Crippen molar-refractivity contribution < 1.29 is 9.53 Å². The highest BCUT2D eigenvalue weighted by Gasteiger charge is 2.14. The van der Waals surface area contributed by atoms with Crippen molar-refractivity contribution in [3.8, 4) is 0 Å². The molecule has 4 aromatic rings. The molecule has 0 spiro atoms. The average Bonchev–Trinajstić information content (AvgIpc) is 2.80. The number of hydrogen-bond acceptors (Lipinski definition) is 2. The zero-order valence-corrected chi connectivity index (χ0v) is 18.6. The SMILES string of the molecule is Cc1cc(C)cc(CC[C@H](/C=C/c2ccc3ccccc3c2)OC(=O)c2ccccc2)c1. The molecule has 0 saturated heterocycles. The van der Waals surface area contributed by atoms with Crippen LogP contribution in [0.15, 0.2) is 97.1 Å². The normalized spacial score (nSPS) is 12.2. The Kier molecular flexibility index (Phi) is 6.81. The number of ether oxygens (including phenoxy) is 1. The van der Waals surface area contributed by atoms with Gasteiger partial charge in [-0.3, -0.25) is 0 Å². The highest BCUT2D eigenvalue weighted by Crippen LogP contribution is 2.19. The Balaban J connectivity index is 1.53. The molecule has 160 valence electrons. The van der Waals surface area contributed by atoms with Crippen molar-refractivity contribution in [1.29, 1.82) is 0 Å². The lowest BCUT2D eigenvalue weighted by Gasteiger charge is -2.15. The van der Waals surface area contributed by atoms with Crippen LogP contribution in [0, 0.1) is 13.8 Å². The van der Waals surface area contributed by atoms with E-state index >= 15 is 0 Å². The van der Waals surface area contributed by atoms with E-state index in [1.165, 1.54) is 27.5 Å². The molecule has 1 atom stereocenters. The van der Waals surface area contributed by atoms with Crippen LogP contribution in [-0.4, -0.2) is 12.1 Å². The van der Waals surface area contributed by atoms with E-state index in [9.17, 15) is 4.79 Å². The number of carbonyl (C=O) groups excluding carboxylic acids is 1. The first-order valence-corrected chi connectivity index (χ1v) is 11.1. The summed E-state index contributed by atoms with van der Waals surface area (Å²) in [7, 11) is 0. The van der Waals surface area contributed by atoms with Crippen LogP contribution in [0.1, 0.15) is 39.0 Å². The van der Waals surface area contributed by atoms with Crippen LogP contribution in [0.3, 0.4) is 0 Å². The minimum Gasteiger partial charge on any atom is -0.455 e. The van der Waals surface area contributed by atoms with Gasteiger partial charge in [0.15, 0.2) is 0 Å². The third-order valence-electron chi connectivity index (χ3n) is 5.54. The lowest BCUT2D eigenvalue weighted by Crippen LogP contribution is -2.17. The molecule has 4 aromatic carbocycles. The van der Waals surface area contributed by atoms with E-state index in [-0.39, 0.29) is 12.1 Å². The molecule has 0 unspecified atom stereocenters. The Bertz CT molecular complexity index is 1220. The summed E-state index contributed by atoms with van der Waals surface area (Å²) in [6.45, 7) is 4.23. The molecule has 2 heteroatoms. The van der Waals surface area contributed by atoms with Gasteiger partial charge in [0, 0.05) is 0 Å². The van der Waals surface area contributed by atoms with Gasteiger partial charge in [0.2, 0.25) is 0 Å². The minimum atomic E-state index is -0.310. The van der Waals surface area contributed by atoms with Crippen LogP contribution < -0.4 is 0 Å². The van der Waals surface area contributed by atoms with Gasteiger partial charge >= 0.3 is 5.97 Å². The maximum Gasteiger partial charge on any atom is 0.338 e. The van der Waals surface area contributed by atoms with Crippen LogP contribution >= 0.6 is 0 Å². The second kappa shape index (κ2) is 10.1. The van der Waals surface area contributed by atoms with Crippen LogP contribution in [0.4, 0.5) is 0 Å². The fourth-order valence-corrected chi connectivity index (χ4v) is 4.03. The number of fused-ring (bicyclic) bond motifs is 1. The molecule has 0 aliphatic rings. The Morgan fingerprint density at radius 2 is 1.50 bits per heavy atom. The van der Waals surface area contributed by atoms with Gasteiger partial charge in [-0.05, 0) is 72.9 Å². The maximum absolute atomic E-state index is 12.7. The molecule has 0 bridgehead atoms. The van der Waals surface area contributed by atoms with Crippen LogP contribution in [-0.2, 0) is 11.2 Å². The molecule has 0 radical (unpaired) electrons. The molecule has 0 heterocycles. The fraction of sp³-hybridized carbons (Fsp3) is 0.167. The van der Waals surface area contributed by atoms with Crippen molar-refractivity contribution >= 4 is 22.8 Å². The minimum absolute atomic E-state index is 0.292. The van der Waals surface area contributed by atoms with E-state index in [1.807, 2.05) is 36.4 Å². The summed E-state index contributed by atoms with van der Waals surface area (Å²) in [6, 6.07) is 30.5. The summed E-state index contributed by atoms with van der Waals surface area (Å²) in [5, 5.41) is 2.41. The molecule has 0 aliphatic heterocycles. The largest absolute Gasteiger partial charge is 0.455 e. The van der Waals surface area contributed by atoms with Crippen molar-refractivity contribution in [3.63, 3.8) is 0 Å². The predicted octanol–water partition coefficient (Wildman–Crippen LogP) is 7.33. The zero-order valence-electron chi connectivity index (χ0n) is 18.6. The number of carbonyl (C=O) groups is 1. The highest BCUT2D eigenvalue weighted by atomic mass is 16.5. The van der Waals surface area contributed by atoms with E-state index in [2.05, 4.69) is 68.5 Å². The van der Waals surface area contributed by atoms with E-state index in [0.29, 0.717) is 5.56 Å². The predicted molar refractivity (Wildman–Crippen MR) is 133 cm³/mol. The first-order chi connectivity index (χ1) is 15.6. The Morgan fingerprint density at radius 3 is 2.25 bits per heavy atom. The number of rotatable bonds is 7. The standard InChI is InChI=1S/C30H28O2/c1-22-18-23(2)20-25(19-22)14-17-29(32-30(31)27-9-4-3-5-10-27)16-13-24-12-15-26-8-6-7-11-28(26)21-24/h3-13,15-16,18-21,29H,14,17H2,1-2H3/b16-13+/t29-/m0/s1. The molecular weight excluding hydrogens is 392 g/mol. The van der Waals surface area contributed by atoms with Crippen LogP contribution in [0.25, 0.3) is 16.8 Å². The van der Waals surface area contributed by atoms with Crippen LogP contribution in [0.5, 0.6) is 0 Å². The van der Waals surface area contributed by atoms with Crippen LogP contribution in [0.2, 0.25) is 0 Å². The highest BCUT2D eigenvalue weighted by molar-refractivity contribution is 5.89. The first-order valence-electron chi connectivity index (χ1n) is 11.1. The lowest BCUT2D eigenvalue weighted by molar-refractivity contribution is 0.0382. The lowest BCUT2D eigenvalue weighted by atomic mass is 10.0. The van der Waals surface area contributed by atoms with Crippen molar-refractivity contribution in [2.45, 2.75) is 32.8 Å². The summed E-state index contributed by atoms with van der Waals surface area (Å²) in [5.41, 5.74) is 5.44. The molecular formula is C30H28O2. The van der Waals surface area contributed by atoms with Gasteiger partial charge < -0.3 is 4.74 Å². The summed E-state index contributed by atoms with van der Waals surface area (Å²) < 4.78 is 5.90. The summed E-state index contributed by atoms with van der Waals surface area (Å²) in [4.78, 5) is 12.7. The molecule has 4 rings (SSSR count). The molecule has 0 aromatic heterocycles. The van der Waals surface area contributed by atoms with Crippen molar-refractivity contribution in [2.75, 3.05) is 0 Å². The number of esters is 1. The topological polar surface area (TPSA) is 26.3 Å². The number of hydrogen-bond donors (Lipinski definition) is 0. The van der Waals surface area contributed by atoms with E-state index in [0.717, 1.165) is 18.4 Å². The van der Waals surface area contributed by atoms with E-state index < -0.39 is 0 Å². The van der Waals surface area contributed by atoms with Gasteiger partial charge in [0.1, 0.15) is 6.10 Å². The fourth-order valence-electron chi connectivity index (χ4n) is 4.03. The summed E-state index contributed by atoms with van der Waals surface area (Å²) in [5.74, 6) is -0.292. The molecule has 0 saturated carbocycles. The number of aryl methyl sites for hydroxylation is 3. The molecule has 32 heavy (non-hydrogen) atoms. The molecule has 0 N–H and O–H groups in total. The third-order valence-corrected chi connectivity index (χ3v) is 5.54. The van der Waals surface area contributed by atoms with Gasteiger partial charge in [-0.1, -0.05) is 90.0 Å². The first kappa shape index (κ1) is 21.6. The van der Waals surface area contributed by atoms with E-state index in [1.54, 1.807) is 12.1 Å². The molecule has 0 fully saturated rings. The summed E-state index contributed by atoms with van der Waals surface area (Å²) >= 11 is 0. The Morgan fingerprint density at radius 1 is 0.812 bits per heavy atom. The maximum atomic E-state index is 12.7. The van der Waals surface area contributed by atoms with Gasteiger partial charge in [0.25, 0.3) is 0 Å².